The van der Waals surface area contributed by atoms with E-state index in [1.807, 2.05) is 37.3 Å². The third-order valence-corrected chi connectivity index (χ3v) is 3.38. The lowest BCUT2D eigenvalue weighted by molar-refractivity contribution is -0.122. The molecule has 0 aliphatic carbocycles. The number of aryl methyl sites for hydroxylation is 2. The molecule has 0 radical (unpaired) electrons. The van der Waals surface area contributed by atoms with Crippen molar-refractivity contribution in [3.05, 3.63) is 59.5 Å². The summed E-state index contributed by atoms with van der Waals surface area (Å²) < 4.78 is 5.41. The molecule has 112 valence electrons. The zero-order chi connectivity index (χ0) is 15.3. The summed E-state index contributed by atoms with van der Waals surface area (Å²) in [6.07, 6.45) is 1.09. The van der Waals surface area contributed by atoms with Crippen molar-refractivity contribution in [1.82, 2.24) is 5.32 Å². The van der Waals surface area contributed by atoms with E-state index in [2.05, 4.69) is 5.32 Å². The number of rotatable bonds is 6. The SMILES string of the molecule is Cc1ccc(C(C)(O)CNC(=O)CCc2ccccc2)o1. The van der Waals surface area contributed by atoms with Gasteiger partial charge in [0.05, 0.1) is 6.54 Å². The molecule has 21 heavy (non-hydrogen) atoms. The van der Waals surface area contributed by atoms with E-state index in [1.54, 1.807) is 19.1 Å². The van der Waals surface area contributed by atoms with Crippen LogP contribution in [0, 0.1) is 6.92 Å². The maximum atomic E-state index is 11.8. The molecule has 4 heteroatoms. The largest absolute Gasteiger partial charge is 0.463 e. The first-order valence-corrected chi connectivity index (χ1v) is 7.07. The molecular formula is C17H21NO3. The summed E-state index contributed by atoms with van der Waals surface area (Å²) in [6.45, 7) is 3.58. The van der Waals surface area contributed by atoms with Crippen molar-refractivity contribution in [3.8, 4) is 0 Å². The second-order valence-corrected chi connectivity index (χ2v) is 5.45. The molecule has 1 aromatic heterocycles. The van der Waals surface area contributed by atoms with Crippen molar-refractivity contribution >= 4 is 5.91 Å². The van der Waals surface area contributed by atoms with E-state index in [0.717, 1.165) is 11.3 Å². The van der Waals surface area contributed by atoms with Gasteiger partial charge in [0.1, 0.15) is 17.1 Å². The molecular weight excluding hydrogens is 266 g/mol. The molecule has 2 rings (SSSR count). The summed E-state index contributed by atoms with van der Waals surface area (Å²) in [7, 11) is 0. The summed E-state index contributed by atoms with van der Waals surface area (Å²) in [5.74, 6) is 1.12. The lowest BCUT2D eigenvalue weighted by Gasteiger charge is -2.21. The molecule has 0 aliphatic heterocycles. The number of amides is 1. The molecule has 2 aromatic rings. The van der Waals surface area contributed by atoms with Crippen LogP contribution in [-0.2, 0) is 16.8 Å². The Morgan fingerprint density at radius 1 is 1.24 bits per heavy atom. The van der Waals surface area contributed by atoms with Crippen LogP contribution >= 0.6 is 0 Å². The molecule has 4 nitrogen and oxygen atoms in total. The molecule has 0 aliphatic rings. The predicted molar refractivity (Wildman–Crippen MR) is 80.8 cm³/mol. The first kappa shape index (κ1) is 15.3. The fourth-order valence-corrected chi connectivity index (χ4v) is 2.07. The molecule has 1 unspecified atom stereocenters. The Balaban J connectivity index is 1.81. The molecule has 0 fully saturated rings. The molecule has 1 amide bonds. The number of nitrogens with one attached hydrogen (secondary N) is 1. The average molecular weight is 287 g/mol. The average Bonchev–Trinajstić information content (AvgIpc) is 2.92. The van der Waals surface area contributed by atoms with Crippen LogP contribution in [0.2, 0.25) is 0 Å². The highest BCUT2D eigenvalue weighted by Crippen LogP contribution is 2.21. The van der Waals surface area contributed by atoms with Crippen LogP contribution in [0.15, 0.2) is 46.9 Å². The number of carbonyl (C=O) groups is 1. The van der Waals surface area contributed by atoms with Crippen molar-refractivity contribution in [1.29, 1.82) is 0 Å². The fourth-order valence-electron chi connectivity index (χ4n) is 2.07. The van der Waals surface area contributed by atoms with Crippen LogP contribution in [0.1, 0.15) is 30.4 Å². The van der Waals surface area contributed by atoms with Crippen LogP contribution in [0.25, 0.3) is 0 Å². The highest BCUT2D eigenvalue weighted by molar-refractivity contribution is 5.76. The third kappa shape index (κ3) is 4.46. The molecule has 1 atom stereocenters. The minimum atomic E-state index is -1.20. The number of aliphatic hydroxyl groups is 1. The second kappa shape index (κ2) is 6.59. The smallest absolute Gasteiger partial charge is 0.220 e. The Morgan fingerprint density at radius 2 is 1.95 bits per heavy atom. The first-order valence-electron chi connectivity index (χ1n) is 7.07. The van der Waals surface area contributed by atoms with Gasteiger partial charge in [-0.25, -0.2) is 0 Å². The highest BCUT2D eigenvalue weighted by Gasteiger charge is 2.27. The van der Waals surface area contributed by atoms with Crippen LogP contribution in [0.5, 0.6) is 0 Å². The van der Waals surface area contributed by atoms with Crippen molar-refractivity contribution < 1.29 is 14.3 Å². The van der Waals surface area contributed by atoms with E-state index in [4.69, 9.17) is 4.42 Å². The topological polar surface area (TPSA) is 62.5 Å². The zero-order valence-corrected chi connectivity index (χ0v) is 12.4. The Morgan fingerprint density at radius 3 is 2.57 bits per heavy atom. The molecule has 0 bridgehead atoms. The number of hydrogen-bond donors (Lipinski definition) is 2. The zero-order valence-electron chi connectivity index (χ0n) is 12.4. The van der Waals surface area contributed by atoms with Gasteiger partial charge in [-0.15, -0.1) is 0 Å². The van der Waals surface area contributed by atoms with Gasteiger partial charge in [0, 0.05) is 6.42 Å². The first-order chi connectivity index (χ1) is 9.97. The van der Waals surface area contributed by atoms with Gasteiger partial charge in [-0.3, -0.25) is 4.79 Å². The molecule has 2 N–H and O–H groups in total. The monoisotopic (exact) mass is 287 g/mol. The summed E-state index contributed by atoms with van der Waals surface area (Å²) in [6, 6.07) is 13.4. The Bertz CT molecular complexity index is 587. The second-order valence-electron chi connectivity index (χ2n) is 5.45. The minimum absolute atomic E-state index is 0.0811. The number of furan rings is 1. The fraction of sp³-hybridized carbons (Fsp3) is 0.353. The van der Waals surface area contributed by atoms with Crippen molar-refractivity contribution in [2.75, 3.05) is 6.54 Å². The number of carbonyl (C=O) groups excluding carboxylic acids is 1. The van der Waals surface area contributed by atoms with Gasteiger partial charge >= 0.3 is 0 Å². The van der Waals surface area contributed by atoms with E-state index >= 15 is 0 Å². The van der Waals surface area contributed by atoms with Crippen LogP contribution in [0.4, 0.5) is 0 Å². The van der Waals surface area contributed by atoms with Crippen molar-refractivity contribution in [2.45, 2.75) is 32.3 Å². The minimum Gasteiger partial charge on any atom is -0.463 e. The Kier molecular flexibility index (Phi) is 4.81. The maximum absolute atomic E-state index is 11.8. The van der Waals surface area contributed by atoms with Crippen molar-refractivity contribution in [2.24, 2.45) is 0 Å². The van der Waals surface area contributed by atoms with Crippen molar-refractivity contribution in [3.63, 3.8) is 0 Å². The van der Waals surface area contributed by atoms with Gasteiger partial charge in [-0.1, -0.05) is 30.3 Å². The van der Waals surface area contributed by atoms with E-state index < -0.39 is 5.60 Å². The summed E-state index contributed by atoms with van der Waals surface area (Å²) in [5.41, 5.74) is -0.0718. The Hall–Kier alpha value is -2.07. The van der Waals surface area contributed by atoms with E-state index in [-0.39, 0.29) is 12.5 Å². The molecule has 1 heterocycles. The summed E-state index contributed by atoms with van der Waals surface area (Å²) in [4.78, 5) is 11.8. The maximum Gasteiger partial charge on any atom is 0.220 e. The number of hydrogen-bond acceptors (Lipinski definition) is 3. The van der Waals surface area contributed by atoms with Crippen LogP contribution in [0.3, 0.4) is 0 Å². The van der Waals surface area contributed by atoms with Crippen LogP contribution < -0.4 is 5.32 Å². The van der Waals surface area contributed by atoms with Crippen LogP contribution in [-0.4, -0.2) is 17.6 Å². The molecule has 1 aromatic carbocycles. The van der Waals surface area contributed by atoms with Gasteiger partial charge in [0.15, 0.2) is 0 Å². The lowest BCUT2D eigenvalue weighted by atomic mass is 10.0. The molecule has 0 saturated heterocycles. The quantitative estimate of drug-likeness (QED) is 0.858. The normalized spacial score (nSPS) is 13.7. The standard InChI is InChI=1S/C17H21NO3/c1-13-8-10-15(21-13)17(2,20)12-18-16(19)11-9-14-6-4-3-5-7-14/h3-8,10,20H,9,11-12H2,1-2H3,(H,18,19). The predicted octanol–water partition coefficient (Wildman–Crippen LogP) is 2.54. The van der Waals surface area contributed by atoms with Gasteiger partial charge in [0.25, 0.3) is 0 Å². The van der Waals surface area contributed by atoms with E-state index in [0.29, 0.717) is 18.6 Å². The van der Waals surface area contributed by atoms with Gasteiger partial charge in [0.2, 0.25) is 5.91 Å². The third-order valence-electron chi connectivity index (χ3n) is 3.38. The van der Waals surface area contributed by atoms with Gasteiger partial charge in [-0.2, -0.15) is 0 Å². The van der Waals surface area contributed by atoms with Gasteiger partial charge < -0.3 is 14.8 Å². The van der Waals surface area contributed by atoms with E-state index in [1.165, 1.54) is 0 Å². The van der Waals surface area contributed by atoms with Gasteiger partial charge in [-0.05, 0) is 38.0 Å². The number of benzene rings is 1. The molecule has 0 spiro atoms. The van der Waals surface area contributed by atoms with E-state index in [9.17, 15) is 9.90 Å². The summed E-state index contributed by atoms with van der Waals surface area (Å²) >= 11 is 0. The summed E-state index contributed by atoms with van der Waals surface area (Å²) in [5, 5.41) is 13.1. The molecule has 0 saturated carbocycles. The Labute approximate surface area is 124 Å². The lowest BCUT2D eigenvalue weighted by Crippen LogP contribution is -2.38. The highest BCUT2D eigenvalue weighted by atomic mass is 16.4.